The Hall–Kier alpha value is -1.04. The molecule has 0 nitrogen and oxygen atoms in total. The highest BCUT2D eigenvalue weighted by atomic mass is 13.8. The van der Waals surface area contributed by atoms with Gasteiger partial charge >= 0.3 is 0 Å². The molecule has 0 aromatic rings. The zero-order chi connectivity index (χ0) is 9.07. The van der Waals surface area contributed by atoms with Crippen LogP contribution < -0.4 is 0 Å². The van der Waals surface area contributed by atoms with Crippen LogP contribution in [0.3, 0.4) is 0 Å². The van der Waals surface area contributed by atoms with Gasteiger partial charge in [-0.3, -0.25) is 0 Å². The van der Waals surface area contributed by atoms with Crippen molar-refractivity contribution in [1.82, 2.24) is 0 Å². The summed E-state index contributed by atoms with van der Waals surface area (Å²) >= 11 is 0. The first kappa shape index (κ1) is 11.0. The van der Waals surface area contributed by atoms with Crippen LogP contribution in [-0.2, 0) is 0 Å². The summed E-state index contributed by atoms with van der Waals surface area (Å²) in [6, 6.07) is 0. The third kappa shape index (κ3) is 8.96. The van der Waals surface area contributed by atoms with Gasteiger partial charge in [-0.2, -0.15) is 0 Å². The van der Waals surface area contributed by atoms with Gasteiger partial charge < -0.3 is 0 Å². The molecule has 12 heavy (non-hydrogen) atoms. The van der Waals surface area contributed by atoms with Gasteiger partial charge in [0.05, 0.1) is 0 Å². The normalized spacial score (nSPS) is 12.1. The molecule has 0 saturated heterocycles. The molecule has 0 N–H and O–H groups in total. The van der Waals surface area contributed by atoms with Gasteiger partial charge in [0.15, 0.2) is 0 Å². The second kappa shape index (κ2) is 9.96. The fourth-order valence-electron chi connectivity index (χ4n) is 0.694. The maximum absolute atomic E-state index is 5.14. The topological polar surface area (TPSA) is 0 Å². The van der Waals surface area contributed by atoms with Crippen molar-refractivity contribution in [3.05, 3.63) is 56.0 Å². The molecule has 0 unspecified atom stereocenters. The van der Waals surface area contributed by atoms with E-state index in [9.17, 15) is 0 Å². The SMILES string of the molecule is [CH]=CC=CC=CC=CCCC[CH2]. The van der Waals surface area contributed by atoms with Crippen LogP contribution in [0.5, 0.6) is 0 Å². The third-order valence-electron chi connectivity index (χ3n) is 1.31. The van der Waals surface area contributed by atoms with Gasteiger partial charge in [-0.25, -0.2) is 0 Å². The monoisotopic (exact) mass is 160 g/mol. The standard InChI is InChI=1S/C12H16/c1-3-5-7-9-11-12-10-8-6-4-2/h1,3,5,7,9-12H,2,4,6,8H2. The van der Waals surface area contributed by atoms with E-state index in [2.05, 4.69) is 13.0 Å². The summed E-state index contributed by atoms with van der Waals surface area (Å²) in [5.74, 6) is 0. The molecule has 0 aromatic heterocycles. The van der Waals surface area contributed by atoms with Gasteiger partial charge in [-0.1, -0.05) is 62.5 Å². The molecule has 0 heterocycles. The number of rotatable bonds is 6. The summed E-state index contributed by atoms with van der Waals surface area (Å²) in [4.78, 5) is 0. The average molecular weight is 160 g/mol. The molecule has 0 atom stereocenters. The van der Waals surface area contributed by atoms with E-state index in [4.69, 9.17) is 6.58 Å². The molecule has 0 saturated carbocycles. The number of allylic oxidation sites excluding steroid dienone is 7. The van der Waals surface area contributed by atoms with Gasteiger partial charge in [0.1, 0.15) is 0 Å². The third-order valence-corrected chi connectivity index (χ3v) is 1.31. The molecule has 0 spiro atoms. The van der Waals surface area contributed by atoms with Crippen LogP contribution in [0.1, 0.15) is 19.3 Å². The fourth-order valence-corrected chi connectivity index (χ4v) is 0.694. The lowest BCUT2D eigenvalue weighted by atomic mass is 10.2. The summed E-state index contributed by atoms with van der Waals surface area (Å²) in [5, 5.41) is 0. The summed E-state index contributed by atoms with van der Waals surface area (Å²) in [5.41, 5.74) is 0. The summed E-state index contributed by atoms with van der Waals surface area (Å²) in [7, 11) is 0. The van der Waals surface area contributed by atoms with Crippen LogP contribution in [0.2, 0.25) is 0 Å². The minimum atomic E-state index is 1.01. The van der Waals surface area contributed by atoms with Gasteiger partial charge in [-0.15, -0.1) is 0 Å². The highest BCUT2D eigenvalue weighted by Gasteiger charge is 1.74. The quantitative estimate of drug-likeness (QED) is 0.411. The van der Waals surface area contributed by atoms with Crippen molar-refractivity contribution in [2.45, 2.75) is 19.3 Å². The first-order valence-corrected chi connectivity index (χ1v) is 4.24. The Labute approximate surface area is 76.0 Å². The Morgan fingerprint density at radius 1 is 1.00 bits per heavy atom. The van der Waals surface area contributed by atoms with Crippen molar-refractivity contribution < 1.29 is 0 Å². The Morgan fingerprint density at radius 2 is 1.67 bits per heavy atom. The lowest BCUT2D eigenvalue weighted by Gasteiger charge is -1.84. The maximum Gasteiger partial charge on any atom is -0.0348 e. The van der Waals surface area contributed by atoms with Gasteiger partial charge in [-0.05, 0) is 12.8 Å². The molecule has 0 amide bonds. The minimum Gasteiger partial charge on any atom is -0.0845 e. The molecule has 0 aromatic carbocycles. The Kier molecular flexibility index (Phi) is 9.10. The molecule has 64 valence electrons. The zero-order valence-corrected chi connectivity index (χ0v) is 7.45. The summed E-state index contributed by atoms with van der Waals surface area (Å²) in [6.07, 6.45) is 16.6. The van der Waals surface area contributed by atoms with E-state index in [1.807, 2.05) is 24.3 Å². The Balaban J connectivity index is 3.38. The van der Waals surface area contributed by atoms with Crippen LogP contribution in [-0.4, -0.2) is 0 Å². The van der Waals surface area contributed by atoms with E-state index in [0.29, 0.717) is 0 Å². The zero-order valence-electron chi connectivity index (χ0n) is 7.45. The first-order chi connectivity index (χ1) is 5.91. The lowest BCUT2D eigenvalue weighted by molar-refractivity contribution is 0.866. The summed E-state index contributed by atoms with van der Waals surface area (Å²) < 4.78 is 0. The van der Waals surface area contributed by atoms with Gasteiger partial charge in [0, 0.05) is 0 Å². The highest BCUT2D eigenvalue weighted by molar-refractivity contribution is 5.13. The number of unbranched alkanes of at least 4 members (excludes halogenated alkanes) is 2. The molecule has 0 heteroatoms. The molecule has 2 radical (unpaired) electrons. The first-order valence-electron chi connectivity index (χ1n) is 4.24. The molecule has 0 bridgehead atoms. The van der Waals surface area contributed by atoms with Crippen LogP contribution in [0.25, 0.3) is 0 Å². The van der Waals surface area contributed by atoms with Crippen molar-refractivity contribution in [2.24, 2.45) is 0 Å². The van der Waals surface area contributed by atoms with E-state index in [1.165, 1.54) is 6.08 Å². The lowest BCUT2D eigenvalue weighted by Crippen LogP contribution is -1.65. The molecule has 0 rings (SSSR count). The number of hydrogen-bond acceptors (Lipinski definition) is 0. The second-order valence-electron chi connectivity index (χ2n) is 2.39. The predicted molar refractivity (Wildman–Crippen MR) is 55.5 cm³/mol. The van der Waals surface area contributed by atoms with E-state index in [0.717, 1.165) is 19.3 Å². The Bertz CT molecular complexity index is 170. The highest BCUT2D eigenvalue weighted by Crippen LogP contribution is 1.94. The fraction of sp³-hybridized carbons (Fsp3) is 0.250. The van der Waals surface area contributed by atoms with E-state index in [1.54, 1.807) is 6.08 Å². The van der Waals surface area contributed by atoms with Crippen molar-refractivity contribution in [1.29, 1.82) is 0 Å². The summed E-state index contributed by atoms with van der Waals surface area (Å²) in [6.45, 7) is 8.90. The van der Waals surface area contributed by atoms with Crippen LogP contribution in [0.15, 0.2) is 42.5 Å². The molecule has 0 fully saturated rings. The number of hydrogen-bond donors (Lipinski definition) is 0. The maximum atomic E-state index is 5.14. The largest absolute Gasteiger partial charge is 0.0845 e. The predicted octanol–water partition coefficient (Wildman–Crippen LogP) is 3.65. The minimum absolute atomic E-state index is 1.01. The van der Waals surface area contributed by atoms with Gasteiger partial charge in [0.2, 0.25) is 0 Å². The van der Waals surface area contributed by atoms with Crippen LogP contribution in [0, 0.1) is 13.5 Å². The molecule has 0 aliphatic heterocycles. The van der Waals surface area contributed by atoms with Crippen LogP contribution in [0.4, 0.5) is 0 Å². The smallest absolute Gasteiger partial charge is 0.0348 e. The van der Waals surface area contributed by atoms with E-state index in [-0.39, 0.29) is 0 Å². The van der Waals surface area contributed by atoms with E-state index < -0.39 is 0 Å². The molecule has 0 aliphatic carbocycles. The van der Waals surface area contributed by atoms with Crippen molar-refractivity contribution in [2.75, 3.05) is 0 Å². The molecular formula is C12H16. The van der Waals surface area contributed by atoms with E-state index >= 15 is 0 Å². The Morgan fingerprint density at radius 3 is 2.33 bits per heavy atom. The van der Waals surface area contributed by atoms with Gasteiger partial charge in [0.25, 0.3) is 0 Å². The van der Waals surface area contributed by atoms with Crippen molar-refractivity contribution in [3.63, 3.8) is 0 Å². The molecule has 0 aliphatic rings. The second-order valence-corrected chi connectivity index (χ2v) is 2.39. The van der Waals surface area contributed by atoms with Crippen molar-refractivity contribution in [3.8, 4) is 0 Å². The molecular weight excluding hydrogens is 144 g/mol. The average Bonchev–Trinajstić information content (AvgIpc) is 2.10. The van der Waals surface area contributed by atoms with Crippen molar-refractivity contribution >= 4 is 0 Å². The van der Waals surface area contributed by atoms with Crippen LogP contribution >= 0.6 is 0 Å².